The number of rotatable bonds is 10. The van der Waals surface area contributed by atoms with Crippen molar-refractivity contribution in [2.75, 3.05) is 12.5 Å². The predicted octanol–water partition coefficient (Wildman–Crippen LogP) is 8.45. The molecule has 1 saturated heterocycles. The lowest BCUT2D eigenvalue weighted by atomic mass is 9.68. The minimum absolute atomic E-state index is 0.0857. The summed E-state index contributed by atoms with van der Waals surface area (Å²) < 4.78 is 0. The fourth-order valence-electron chi connectivity index (χ4n) is 6.17. The van der Waals surface area contributed by atoms with Gasteiger partial charge in [0.05, 0.1) is 6.04 Å². The number of hydrogen-bond acceptors (Lipinski definition) is 4. The van der Waals surface area contributed by atoms with Crippen molar-refractivity contribution < 1.29 is 9.59 Å². The first-order chi connectivity index (χ1) is 21.6. The number of β-lactam (4-membered cyclic amide) rings is 1. The van der Waals surface area contributed by atoms with Crippen molar-refractivity contribution in [3.63, 3.8) is 0 Å². The highest BCUT2D eigenvalue weighted by Crippen LogP contribution is 2.55. The second-order valence-electron chi connectivity index (χ2n) is 10.8. The van der Waals surface area contributed by atoms with E-state index >= 15 is 4.79 Å². The molecule has 6 rings (SSSR count). The average molecular weight is 615 g/mol. The minimum Gasteiger partial charge on any atom is -0.326 e. The van der Waals surface area contributed by atoms with Crippen LogP contribution in [0.4, 0.5) is 0 Å². The highest BCUT2D eigenvalue weighted by atomic mass is 32.2. The van der Waals surface area contributed by atoms with Gasteiger partial charge in [0.2, 0.25) is 0 Å². The number of carbonyl (C=O) groups is 2. The number of likely N-dealkylation sites (tertiary alicyclic amines) is 1. The Labute approximate surface area is 268 Å². The monoisotopic (exact) mass is 614 g/mol. The van der Waals surface area contributed by atoms with Crippen LogP contribution in [0.3, 0.4) is 0 Å². The number of hydrogen-bond donors (Lipinski definition) is 0. The average Bonchev–Trinajstić information content (AvgIpc) is 3.10. The molecule has 5 aromatic rings. The van der Waals surface area contributed by atoms with Gasteiger partial charge in [0.25, 0.3) is 11.8 Å². The first-order valence-electron chi connectivity index (χ1n) is 14.6. The summed E-state index contributed by atoms with van der Waals surface area (Å²) in [6.45, 7) is 0.723. The Morgan fingerprint density at radius 1 is 0.682 bits per heavy atom. The molecule has 2 amide bonds. The van der Waals surface area contributed by atoms with Gasteiger partial charge in [0.1, 0.15) is 0 Å². The largest absolute Gasteiger partial charge is 0.326 e. The van der Waals surface area contributed by atoms with Gasteiger partial charge in [-0.05, 0) is 71.2 Å². The van der Waals surface area contributed by atoms with Crippen LogP contribution < -0.4 is 0 Å². The Morgan fingerprint density at radius 3 is 1.73 bits per heavy atom. The van der Waals surface area contributed by atoms with Crippen molar-refractivity contribution in [2.45, 2.75) is 34.5 Å². The van der Waals surface area contributed by atoms with Crippen LogP contribution in [0, 0.1) is 0 Å². The maximum absolute atomic E-state index is 15.0. The number of amides is 2. The Kier molecular flexibility index (Phi) is 8.91. The van der Waals surface area contributed by atoms with Crippen LogP contribution in [0.15, 0.2) is 149 Å². The third-order valence-electron chi connectivity index (χ3n) is 8.33. The van der Waals surface area contributed by atoms with Crippen molar-refractivity contribution in [3.05, 3.63) is 167 Å². The topological polar surface area (TPSA) is 40.6 Å². The zero-order valence-corrected chi connectivity index (χ0v) is 26.4. The number of carbonyl (C=O) groups excluding carboxylic acids is 2. The van der Waals surface area contributed by atoms with Gasteiger partial charge in [-0.2, -0.15) is 0 Å². The summed E-state index contributed by atoms with van der Waals surface area (Å²) in [5.41, 5.74) is 3.09. The fraction of sp³-hybridized carbons (Fsp3) is 0.158. The Balaban J connectivity index is 1.59. The summed E-state index contributed by atoms with van der Waals surface area (Å²) in [7, 11) is 0. The van der Waals surface area contributed by atoms with E-state index in [2.05, 4.69) is 42.7 Å². The second kappa shape index (κ2) is 13.2. The molecule has 220 valence electrons. The van der Waals surface area contributed by atoms with Crippen molar-refractivity contribution in [3.8, 4) is 0 Å². The maximum atomic E-state index is 15.0. The summed E-state index contributed by atoms with van der Waals surface area (Å²) in [4.78, 5) is 35.8. The molecule has 1 heterocycles. The first-order valence-corrected chi connectivity index (χ1v) is 17.1. The van der Waals surface area contributed by atoms with E-state index in [1.165, 1.54) is 0 Å². The smallest absolute Gasteiger partial charge is 0.256 e. The molecule has 0 spiro atoms. The highest BCUT2D eigenvalue weighted by molar-refractivity contribution is 7.98. The molecule has 6 heteroatoms. The Morgan fingerprint density at radius 2 is 1.18 bits per heavy atom. The molecule has 0 radical (unpaired) electrons. The van der Waals surface area contributed by atoms with Crippen molar-refractivity contribution in [1.82, 2.24) is 9.80 Å². The zero-order valence-electron chi connectivity index (χ0n) is 24.8. The maximum Gasteiger partial charge on any atom is 0.256 e. The molecule has 0 N–H and O–H groups in total. The molecular weight excluding hydrogens is 581 g/mol. The standard InChI is InChI=1S/C38H34N2O2S2/c1-43-33-22-18-30(19-23-33)35-38(32-20-24-34(44-2)25-21-32,37(42)39(35)26-28-12-6-3-7-13-28)40(27-29-14-8-4-9-15-29)36(41)31-16-10-5-11-17-31/h3-25,35H,26-27H2,1-2H3. The third kappa shape index (κ3) is 5.56. The predicted molar refractivity (Wildman–Crippen MR) is 181 cm³/mol. The minimum atomic E-state index is -1.27. The zero-order chi connectivity index (χ0) is 30.5. The van der Waals surface area contributed by atoms with Crippen LogP contribution in [-0.4, -0.2) is 34.1 Å². The van der Waals surface area contributed by atoms with E-state index in [1.54, 1.807) is 23.5 Å². The van der Waals surface area contributed by atoms with E-state index in [1.807, 2.05) is 119 Å². The molecule has 0 saturated carbocycles. The molecule has 0 aromatic heterocycles. The molecular formula is C38H34N2O2S2. The highest BCUT2D eigenvalue weighted by Gasteiger charge is 2.66. The van der Waals surface area contributed by atoms with Crippen LogP contribution in [0.2, 0.25) is 0 Å². The molecule has 1 aliphatic heterocycles. The van der Waals surface area contributed by atoms with E-state index in [-0.39, 0.29) is 18.4 Å². The van der Waals surface area contributed by atoms with Crippen LogP contribution in [-0.2, 0) is 23.4 Å². The molecule has 5 aromatic carbocycles. The number of benzene rings is 5. The van der Waals surface area contributed by atoms with Gasteiger partial charge in [-0.3, -0.25) is 9.59 Å². The molecule has 2 atom stereocenters. The van der Waals surface area contributed by atoms with Crippen LogP contribution in [0.25, 0.3) is 0 Å². The van der Waals surface area contributed by atoms with Crippen molar-refractivity contribution in [1.29, 1.82) is 0 Å². The van der Waals surface area contributed by atoms with E-state index in [0.717, 1.165) is 32.0 Å². The van der Waals surface area contributed by atoms with Gasteiger partial charge in [-0.1, -0.05) is 103 Å². The van der Waals surface area contributed by atoms with Crippen LogP contribution in [0.1, 0.15) is 38.7 Å². The first kappa shape index (κ1) is 29.8. The normalized spacial score (nSPS) is 17.6. The van der Waals surface area contributed by atoms with Gasteiger partial charge in [0.15, 0.2) is 5.54 Å². The van der Waals surface area contributed by atoms with E-state index < -0.39 is 11.6 Å². The molecule has 4 nitrogen and oxygen atoms in total. The van der Waals surface area contributed by atoms with Gasteiger partial charge in [-0.15, -0.1) is 23.5 Å². The summed E-state index contributed by atoms with van der Waals surface area (Å²) in [6.07, 6.45) is 4.10. The Bertz CT molecular complexity index is 1710. The van der Waals surface area contributed by atoms with Gasteiger partial charge >= 0.3 is 0 Å². The summed E-state index contributed by atoms with van der Waals surface area (Å²) in [5.74, 6) is -0.265. The molecule has 0 bridgehead atoms. The lowest BCUT2D eigenvalue weighted by molar-refractivity contribution is -0.179. The second-order valence-corrected chi connectivity index (χ2v) is 12.6. The van der Waals surface area contributed by atoms with E-state index in [0.29, 0.717) is 12.1 Å². The summed E-state index contributed by atoms with van der Waals surface area (Å²) >= 11 is 3.34. The fourth-order valence-corrected chi connectivity index (χ4v) is 6.98. The van der Waals surface area contributed by atoms with Crippen molar-refractivity contribution >= 4 is 35.3 Å². The quantitative estimate of drug-likeness (QED) is 0.117. The Hall–Kier alpha value is -4.26. The molecule has 44 heavy (non-hydrogen) atoms. The molecule has 2 unspecified atom stereocenters. The van der Waals surface area contributed by atoms with Crippen molar-refractivity contribution in [2.24, 2.45) is 0 Å². The lowest BCUT2D eigenvalue weighted by Crippen LogP contribution is -2.73. The van der Waals surface area contributed by atoms with Crippen LogP contribution in [0.5, 0.6) is 0 Å². The molecule has 0 aliphatic carbocycles. The lowest BCUT2D eigenvalue weighted by Gasteiger charge is -2.60. The van der Waals surface area contributed by atoms with E-state index in [9.17, 15) is 4.79 Å². The summed E-state index contributed by atoms with van der Waals surface area (Å²) in [5, 5.41) is 0. The molecule has 1 aliphatic rings. The molecule has 1 fully saturated rings. The van der Waals surface area contributed by atoms with Gasteiger partial charge < -0.3 is 9.80 Å². The third-order valence-corrected chi connectivity index (χ3v) is 9.81. The number of nitrogens with zero attached hydrogens (tertiary/aromatic N) is 2. The van der Waals surface area contributed by atoms with Gasteiger partial charge in [-0.25, -0.2) is 0 Å². The SMILES string of the molecule is CSc1ccc(C2N(Cc3ccccc3)C(=O)C2(c2ccc(SC)cc2)N(Cc2ccccc2)C(=O)c2ccccc2)cc1. The number of thioether (sulfide) groups is 2. The van der Waals surface area contributed by atoms with Gasteiger partial charge in [0, 0.05) is 28.4 Å². The summed E-state index contributed by atoms with van der Waals surface area (Å²) in [6, 6.07) is 45.5. The van der Waals surface area contributed by atoms with Crippen LogP contribution >= 0.6 is 23.5 Å². The van der Waals surface area contributed by atoms with E-state index in [4.69, 9.17) is 0 Å².